The Morgan fingerprint density at radius 2 is 2.31 bits per heavy atom. The minimum atomic E-state index is -2.51. The van der Waals surface area contributed by atoms with Crippen molar-refractivity contribution in [3.05, 3.63) is 29.6 Å². The van der Waals surface area contributed by atoms with Crippen molar-refractivity contribution in [3.63, 3.8) is 0 Å². The Bertz CT molecular complexity index is 285. The first-order valence-electron chi connectivity index (χ1n) is 3.54. The lowest BCUT2D eigenvalue weighted by molar-refractivity contribution is 0.146. The fourth-order valence-corrected chi connectivity index (χ4v) is 0.963. The molecule has 0 spiro atoms. The van der Waals surface area contributed by atoms with E-state index in [4.69, 9.17) is 0 Å². The second-order valence-corrected chi connectivity index (χ2v) is 2.81. The molecule has 0 aliphatic rings. The van der Waals surface area contributed by atoms with Gasteiger partial charge in [-0.05, 0) is 24.1 Å². The summed E-state index contributed by atoms with van der Waals surface area (Å²) in [5.41, 5.74) is 0.514. The SMILES string of the molecule is CS/N=C/c1ccc(C(F)F)nc1. The molecule has 70 valence electrons. The summed E-state index contributed by atoms with van der Waals surface area (Å²) in [5.74, 6) is 0. The Labute approximate surface area is 79.2 Å². The van der Waals surface area contributed by atoms with E-state index < -0.39 is 6.43 Å². The van der Waals surface area contributed by atoms with E-state index in [1.54, 1.807) is 12.3 Å². The zero-order valence-corrected chi connectivity index (χ0v) is 7.76. The lowest BCUT2D eigenvalue weighted by atomic mass is 10.3. The summed E-state index contributed by atoms with van der Waals surface area (Å²) < 4.78 is 28.0. The maximum atomic E-state index is 12.1. The molecule has 13 heavy (non-hydrogen) atoms. The van der Waals surface area contributed by atoms with Gasteiger partial charge in [-0.1, -0.05) is 0 Å². The summed E-state index contributed by atoms with van der Waals surface area (Å²) in [5, 5.41) is 0. The van der Waals surface area contributed by atoms with Gasteiger partial charge < -0.3 is 0 Å². The third-order valence-electron chi connectivity index (χ3n) is 1.34. The zero-order valence-electron chi connectivity index (χ0n) is 6.95. The van der Waals surface area contributed by atoms with Crippen LogP contribution >= 0.6 is 11.9 Å². The Kier molecular flexibility index (Phi) is 3.82. The second-order valence-electron chi connectivity index (χ2n) is 2.23. The lowest BCUT2D eigenvalue weighted by Crippen LogP contribution is -1.90. The molecule has 1 aromatic rings. The van der Waals surface area contributed by atoms with E-state index in [1.807, 2.05) is 6.26 Å². The number of hydrogen-bond acceptors (Lipinski definition) is 3. The van der Waals surface area contributed by atoms with E-state index in [9.17, 15) is 8.78 Å². The number of nitrogens with zero attached hydrogens (tertiary/aromatic N) is 2. The quantitative estimate of drug-likeness (QED) is 0.556. The van der Waals surface area contributed by atoms with Gasteiger partial charge in [0.05, 0.1) is 0 Å². The van der Waals surface area contributed by atoms with Gasteiger partial charge in [0.25, 0.3) is 6.43 Å². The second kappa shape index (κ2) is 4.91. The predicted molar refractivity (Wildman–Crippen MR) is 50.3 cm³/mol. The number of hydrogen-bond donors (Lipinski definition) is 0. The first kappa shape index (κ1) is 10.1. The molecule has 0 N–H and O–H groups in total. The van der Waals surface area contributed by atoms with Crippen molar-refractivity contribution in [1.82, 2.24) is 4.98 Å². The highest BCUT2D eigenvalue weighted by Gasteiger charge is 2.06. The molecule has 0 saturated carbocycles. The molecular formula is C8H8F2N2S. The number of rotatable bonds is 3. The van der Waals surface area contributed by atoms with Gasteiger partial charge in [-0.3, -0.25) is 4.98 Å². The highest BCUT2D eigenvalue weighted by Crippen LogP contribution is 2.15. The van der Waals surface area contributed by atoms with Crippen LogP contribution in [0.4, 0.5) is 8.78 Å². The number of pyridine rings is 1. The van der Waals surface area contributed by atoms with Crippen molar-refractivity contribution in [2.24, 2.45) is 4.40 Å². The van der Waals surface area contributed by atoms with Gasteiger partial charge >= 0.3 is 0 Å². The van der Waals surface area contributed by atoms with Crippen LogP contribution in [0.5, 0.6) is 0 Å². The van der Waals surface area contributed by atoms with Gasteiger partial charge in [0.1, 0.15) is 5.69 Å². The maximum absolute atomic E-state index is 12.1. The molecule has 0 atom stereocenters. The average molecular weight is 202 g/mol. The van der Waals surface area contributed by atoms with Crippen molar-refractivity contribution >= 4 is 18.2 Å². The molecule has 0 aliphatic carbocycles. The molecule has 1 rings (SSSR count). The molecule has 1 heterocycles. The summed E-state index contributed by atoms with van der Waals surface area (Å²) in [6.07, 6.45) is 2.26. The van der Waals surface area contributed by atoms with E-state index in [-0.39, 0.29) is 5.69 Å². The summed E-state index contributed by atoms with van der Waals surface area (Å²) in [7, 11) is 0. The monoisotopic (exact) mass is 202 g/mol. The third-order valence-corrected chi connectivity index (χ3v) is 1.66. The number of alkyl halides is 2. The molecule has 1 aromatic heterocycles. The van der Waals surface area contributed by atoms with Crippen LogP contribution in [0, 0.1) is 0 Å². The van der Waals surface area contributed by atoms with Crippen LogP contribution in [0.2, 0.25) is 0 Å². The van der Waals surface area contributed by atoms with E-state index >= 15 is 0 Å². The molecular weight excluding hydrogens is 194 g/mol. The highest BCUT2D eigenvalue weighted by atomic mass is 32.2. The van der Waals surface area contributed by atoms with Crippen LogP contribution in [0.15, 0.2) is 22.7 Å². The van der Waals surface area contributed by atoms with Crippen LogP contribution in [-0.2, 0) is 0 Å². The zero-order chi connectivity index (χ0) is 9.68. The van der Waals surface area contributed by atoms with Crippen LogP contribution < -0.4 is 0 Å². The highest BCUT2D eigenvalue weighted by molar-refractivity contribution is 7.97. The third kappa shape index (κ3) is 3.10. The summed E-state index contributed by atoms with van der Waals surface area (Å²) in [4.78, 5) is 3.58. The van der Waals surface area contributed by atoms with Crippen molar-refractivity contribution in [2.75, 3.05) is 6.26 Å². The number of halogens is 2. The minimum absolute atomic E-state index is 0.207. The number of aromatic nitrogens is 1. The fourth-order valence-electron chi connectivity index (χ4n) is 0.736. The maximum Gasteiger partial charge on any atom is 0.280 e. The first-order chi connectivity index (χ1) is 6.24. The smallest absolute Gasteiger partial charge is 0.255 e. The van der Waals surface area contributed by atoms with Crippen LogP contribution in [-0.4, -0.2) is 17.5 Å². The Morgan fingerprint density at radius 1 is 1.54 bits per heavy atom. The van der Waals surface area contributed by atoms with Crippen LogP contribution in [0.1, 0.15) is 17.7 Å². The Hall–Kier alpha value is -0.970. The fraction of sp³-hybridized carbons (Fsp3) is 0.250. The van der Waals surface area contributed by atoms with Gasteiger partial charge in [0.2, 0.25) is 0 Å². The summed E-state index contributed by atoms with van der Waals surface area (Å²) in [6.45, 7) is 0. The van der Waals surface area contributed by atoms with Crippen LogP contribution in [0.3, 0.4) is 0 Å². The molecule has 0 radical (unpaired) electrons. The normalized spacial score (nSPS) is 11.4. The van der Waals surface area contributed by atoms with E-state index in [0.717, 1.165) is 5.56 Å². The predicted octanol–water partition coefficient (Wildman–Crippen LogP) is 2.72. The van der Waals surface area contributed by atoms with Gasteiger partial charge in [0, 0.05) is 24.2 Å². The molecule has 0 unspecified atom stereocenters. The van der Waals surface area contributed by atoms with Crippen molar-refractivity contribution in [2.45, 2.75) is 6.43 Å². The molecule has 2 nitrogen and oxygen atoms in total. The van der Waals surface area contributed by atoms with E-state index in [0.29, 0.717) is 0 Å². The standard InChI is InChI=1S/C8H8F2N2S/c1-13-12-5-6-2-3-7(8(9)10)11-4-6/h2-5,8H,1H3/b12-5+. The van der Waals surface area contributed by atoms with E-state index in [1.165, 1.54) is 24.2 Å². The van der Waals surface area contributed by atoms with Gasteiger partial charge in [-0.15, -0.1) is 0 Å². The van der Waals surface area contributed by atoms with E-state index in [2.05, 4.69) is 9.38 Å². The largest absolute Gasteiger partial charge is 0.280 e. The molecule has 0 fully saturated rings. The van der Waals surface area contributed by atoms with Gasteiger partial charge in [-0.25, -0.2) is 13.2 Å². The van der Waals surface area contributed by atoms with Gasteiger partial charge in [0.15, 0.2) is 0 Å². The lowest BCUT2D eigenvalue weighted by Gasteiger charge is -1.97. The molecule has 0 aliphatic heterocycles. The molecule has 5 heteroatoms. The van der Waals surface area contributed by atoms with Crippen molar-refractivity contribution < 1.29 is 8.78 Å². The molecule has 0 amide bonds. The van der Waals surface area contributed by atoms with Crippen molar-refractivity contribution in [3.8, 4) is 0 Å². The minimum Gasteiger partial charge on any atom is -0.255 e. The Balaban J connectivity index is 2.75. The molecule has 0 saturated heterocycles. The molecule has 0 aromatic carbocycles. The summed E-state index contributed by atoms with van der Waals surface area (Å²) >= 11 is 1.30. The summed E-state index contributed by atoms with van der Waals surface area (Å²) in [6, 6.07) is 2.86. The molecule has 0 bridgehead atoms. The Morgan fingerprint density at radius 3 is 2.77 bits per heavy atom. The average Bonchev–Trinajstić information content (AvgIpc) is 2.15. The van der Waals surface area contributed by atoms with Crippen LogP contribution in [0.25, 0.3) is 0 Å². The topological polar surface area (TPSA) is 25.2 Å². The first-order valence-corrected chi connectivity index (χ1v) is 4.73. The van der Waals surface area contributed by atoms with Gasteiger partial charge in [-0.2, -0.15) is 0 Å². The van der Waals surface area contributed by atoms with Crippen molar-refractivity contribution in [1.29, 1.82) is 0 Å².